The van der Waals surface area contributed by atoms with Gasteiger partial charge in [0.15, 0.2) is 22.2 Å². The maximum atomic E-state index is 12.2. The minimum absolute atomic E-state index is 0.172. The highest BCUT2D eigenvalue weighted by atomic mass is 35.5. The average molecular weight is 403 g/mol. The van der Waals surface area contributed by atoms with Crippen LogP contribution in [0.2, 0.25) is 5.15 Å². The van der Waals surface area contributed by atoms with Crippen LogP contribution in [0.15, 0.2) is 30.5 Å². The number of rotatable bonds is 5. The average Bonchev–Trinajstić information content (AvgIpc) is 3.13. The summed E-state index contributed by atoms with van der Waals surface area (Å²) in [4.78, 5) is 18.7. The van der Waals surface area contributed by atoms with Gasteiger partial charge in [-0.25, -0.2) is 14.3 Å². The van der Waals surface area contributed by atoms with Crippen LogP contribution in [-0.4, -0.2) is 47.4 Å². The highest BCUT2D eigenvalue weighted by Crippen LogP contribution is 2.40. The second-order valence-electron chi connectivity index (χ2n) is 6.19. The van der Waals surface area contributed by atoms with Crippen molar-refractivity contribution in [1.29, 1.82) is 0 Å². The zero-order valence-corrected chi connectivity index (χ0v) is 16.3. The lowest BCUT2D eigenvalue weighted by Gasteiger charge is -2.31. The first-order chi connectivity index (χ1) is 13.6. The number of halogens is 1. The van der Waals surface area contributed by atoms with Gasteiger partial charge in [-0.15, -0.1) is 5.10 Å². The van der Waals surface area contributed by atoms with Crippen LogP contribution in [0.1, 0.15) is 23.0 Å². The van der Waals surface area contributed by atoms with Crippen LogP contribution in [-0.2, 0) is 11.3 Å². The summed E-state index contributed by atoms with van der Waals surface area (Å²) >= 11 is 6.36. The number of carbonyl (C=O) groups excluding carboxylic acids is 1. The number of aromatic nitrogens is 3. The third kappa shape index (κ3) is 3.20. The molecule has 0 amide bonds. The minimum Gasteiger partial charge on any atom is -0.497 e. The van der Waals surface area contributed by atoms with Gasteiger partial charge in [0.05, 0.1) is 26.5 Å². The Bertz CT molecular complexity index is 1020. The molecule has 3 heterocycles. The summed E-state index contributed by atoms with van der Waals surface area (Å²) in [5.41, 5.74) is 2.52. The standard InChI is InChI=1S/C19H19ClN4O4/c1-3-27-19(25)14-10-21-18-15-16(17(20)22-24(14)18)28-9-8-23(15)11-12-4-6-13(26-2)7-5-12/h4-7,10H,3,8-9,11H2,1-2H3. The van der Waals surface area contributed by atoms with Crippen LogP contribution >= 0.6 is 11.6 Å². The molecule has 9 heteroatoms. The molecule has 1 aromatic carbocycles. The Kier molecular flexibility index (Phi) is 4.95. The Morgan fingerprint density at radius 1 is 1.32 bits per heavy atom. The first-order valence-corrected chi connectivity index (χ1v) is 9.25. The molecule has 0 saturated carbocycles. The lowest BCUT2D eigenvalue weighted by atomic mass is 10.2. The van der Waals surface area contributed by atoms with Crippen molar-refractivity contribution < 1.29 is 19.0 Å². The molecule has 28 heavy (non-hydrogen) atoms. The number of hydrogen-bond acceptors (Lipinski definition) is 7. The van der Waals surface area contributed by atoms with E-state index < -0.39 is 5.97 Å². The van der Waals surface area contributed by atoms with Gasteiger partial charge in [-0.05, 0) is 24.6 Å². The number of benzene rings is 1. The van der Waals surface area contributed by atoms with Gasteiger partial charge in [0.25, 0.3) is 0 Å². The molecular weight excluding hydrogens is 384 g/mol. The van der Waals surface area contributed by atoms with E-state index in [1.807, 2.05) is 24.3 Å². The Labute approximate surface area is 166 Å². The number of carbonyl (C=O) groups is 1. The fraction of sp³-hybridized carbons (Fsp3) is 0.316. The topological polar surface area (TPSA) is 78.2 Å². The van der Waals surface area contributed by atoms with Crippen LogP contribution in [0, 0.1) is 0 Å². The number of esters is 1. The zero-order valence-electron chi connectivity index (χ0n) is 15.5. The Morgan fingerprint density at radius 2 is 2.11 bits per heavy atom. The molecule has 4 rings (SSSR count). The molecule has 0 N–H and O–H groups in total. The SMILES string of the molecule is CCOC(=O)c1cnc2c3c(c(Cl)nn12)OCCN3Cc1ccc(OC)cc1. The molecule has 0 unspecified atom stereocenters. The third-order valence-electron chi connectivity index (χ3n) is 4.48. The van der Waals surface area contributed by atoms with Gasteiger partial charge < -0.3 is 19.1 Å². The molecule has 0 atom stereocenters. The number of ether oxygens (including phenoxy) is 3. The van der Waals surface area contributed by atoms with Crippen molar-refractivity contribution in [3.63, 3.8) is 0 Å². The largest absolute Gasteiger partial charge is 0.497 e. The highest BCUT2D eigenvalue weighted by molar-refractivity contribution is 6.31. The first-order valence-electron chi connectivity index (χ1n) is 8.87. The lowest BCUT2D eigenvalue weighted by Crippen LogP contribution is -2.33. The van der Waals surface area contributed by atoms with Gasteiger partial charge >= 0.3 is 5.97 Å². The Balaban J connectivity index is 1.76. The van der Waals surface area contributed by atoms with Crippen molar-refractivity contribution in [3.8, 4) is 11.5 Å². The number of imidazole rings is 1. The molecule has 0 bridgehead atoms. The summed E-state index contributed by atoms with van der Waals surface area (Å²) in [6.07, 6.45) is 1.44. The smallest absolute Gasteiger partial charge is 0.358 e. The molecule has 3 aromatic rings. The van der Waals surface area contributed by atoms with Crippen molar-refractivity contribution in [2.75, 3.05) is 31.8 Å². The third-order valence-corrected chi connectivity index (χ3v) is 4.73. The van der Waals surface area contributed by atoms with Crippen LogP contribution in [0.4, 0.5) is 5.69 Å². The van der Waals surface area contributed by atoms with E-state index in [1.165, 1.54) is 10.7 Å². The van der Waals surface area contributed by atoms with Gasteiger partial charge in [-0.1, -0.05) is 23.7 Å². The summed E-state index contributed by atoms with van der Waals surface area (Å²) in [7, 11) is 1.64. The maximum Gasteiger partial charge on any atom is 0.358 e. The molecule has 0 radical (unpaired) electrons. The maximum absolute atomic E-state index is 12.2. The molecule has 0 saturated heterocycles. The van der Waals surface area contributed by atoms with E-state index in [0.29, 0.717) is 36.8 Å². The van der Waals surface area contributed by atoms with E-state index in [9.17, 15) is 4.79 Å². The number of fused-ring (bicyclic) bond motifs is 3. The fourth-order valence-corrected chi connectivity index (χ4v) is 3.40. The summed E-state index contributed by atoms with van der Waals surface area (Å²) in [6.45, 7) is 3.76. The van der Waals surface area contributed by atoms with E-state index in [0.717, 1.165) is 11.3 Å². The lowest BCUT2D eigenvalue weighted by molar-refractivity contribution is 0.0516. The molecule has 1 aliphatic heterocycles. The summed E-state index contributed by atoms with van der Waals surface area (Å²) in [5.74, 6) is 0.764. The second kappa shape index (κ2) is 7.55. The van der Waals surface area contributed by atoms with Gasteiger partial charge in [0, 0.05) is 6.54 Å². The van der Waals surface area contributed by atoms with Crippen molar-refractivity contribution >= 4 is 28.9 Å². The molecule has 0 fully saturated rings. The van der Waals surface area contributed by atoms with E-state index in [2.05, 4.69) is 15.0 Å². The minimum atomic E-state index is -0.503. The Morgan fingerprint density at radius 3 is 2.82 bits per heavy atom. The van der Waals surface area contributed by atoms with Crippen LogP contribution in [0.25, 0.3) is 5.65 Å². The van der Waals surface area contributed by atoms with Crippen molar-refractivity contribution in [3.05, 3.63) is 46.9 Å². The number of anilines is 1. The van der Waals surface area contributed by atoms with E-state index in [4.69, 9.17) is 25.8 Å². The van der Waals surface area contributed by atoms with E-state index in [-0.39, 0.29) is 17.5 Å². The van der Waals surface area contributed by atoms with E-state index >= 15 is 0 Å². The Hall–Kier alpha value is -3.00. The quantitative estimate of drug-likeness (QED) is 0.607. The predicted molar refractivity (Wildman–Crippen MR) is 103 cm³/mol. The zero-order chi connectivity index (χ0) is 19.7. The molecular formula is C19H19ClN4O4. The van der Waals surface area contributed by atoms with Gasteiger partial charge in [0.2, 0.25) is 0 Å². The van der Waals surface area contributed by atoms with Gasteiger partial charge in [-0.3, -0.25) is 0 Å². The van der Waals surface area contributed by atoms with Crippen molar-refractivity contribution in [2.24, 2.45) is 0 Å². The molecule has 0 aliphatic carbocycles. The first kappa shape index (κ1) is 18.4. The second-order valence-corrected chi connectivity index (χ2v) is 6.54. The van der Waals surface area contributed by atoms with Crippen LogP contribution < -0.4 is 14.4 Å². The normalized spacial score (nSPS) is 13.2. The molecule has 0 spiro atoms. The molecule has 1 aliphatic rings. The van der Waals surface area contributed by atoms with Gasteiger partial charge in [-0.2, -0.15) is 0 Å². The fourth-order valence-electron chi connectivity index (χ4n) is 3.18. The van der Waals surface area contributed by atoms with Crippen molar-refractivity contribution in [2.45, 2.75) is 13.5 Å². The molecule has 2 aromatic heterocycles. The predicted octanol–water partition coefficient (Wildman–Crippen LogP) is 2.97. The molecule has 8 nitrogen and oxygen atoms in total. The summed E-state index contributed by atoms with van der Waals surface area (Å²) in [5, 5.41) is 4.44. The van der Waals surface area contributed by atoms with E-state index in [1.54, 1.807) is 14.0 Å². The summed E-state index contributed by atoms with van der Waals surface area (Å²) < 4.78 is 17.5. The van der Waals surface area contributed by atoms with Crippen LogP contribution in [0.3, 0.4) is 0 Å². The number of hydrogen-bond donors (Lipinski definition) is 0. The van der Waals surface area contributed by atoms with Gasteiger partial charge in [0.1, 0.15) is 18.0 Å². The monoisotopic (exact) mass is 402 g/mol. The van der Waals surface area contributed by atoms with Crippen molar-refractivity contribution in [1.82, 2.24) is 14.6 Å². The number of methoxy groups -OCH3 is 1. The summed E-state index contributed by atoms with van der Waals surface area (Å²) in [6, 6.07) is 7.84. The highest BCUT2D eigenvalue weighted by Gasteiger charge is 2.28. The molecule has 146 valence electrons. The number of nitrogens with zero attached hydrogens (tertiary/aromatic N) is 4. The van der Waals surface area contributed by atoms with Crippen LogP contribution in [0.5, 0.6) is 11.5 Å².